The molecule has 8 nitrogen and oxygen atoms in total. The van der Waals surface area contributed by atoms with E-state index < -0.39 is 34.7 Å². The van der Waals surface area contributed by atoms with Crippen molar-refractivity contribution in [1.29, 1.82) is 0 Å². The highest BCUT2D eigenvalue weighted by molar-refractivity contribution is 5.95. The summed E-state index contributed by atoms with van der Waals surface area (Å²) in [5.74, 6) is -1.03. The standard InChI is InChI=1S/C25H24F3N5O3/c1-15-6-4-10-29-22(15)30-23(35)17-7-5-11-32(14-17)24(36)21-20(34)12-16(2)33(31-21)19-9-3-8-18(13-19)25(26,27)28/h3-4,6,8-10,12-13,17H,5,7,11,14H2,1-2H3,(H,29,30,35). The van der Waals surface area contributed by atoms with Crippen LogP contribution in [-0.2, 0) is 11.0 Å². The monoisotopic (exact) mass is 499 g/mol. The maximum absolute atomic E-state index is 13.2. The molecule has 1 unspecified atom stereocenters. The Morgan fingerprint density at radius 2 is 1.89 bits per heavy atom. The van der Waals surface area contributed by atoms with E-state index >= 15 is 0 Å². The van der Waals surface area contributed by atoms with Crippen LogP contribution < -0.4 is 10.7 Å². The molecule has 1 atom stereocenters. The Bertz CT molecular complexity index is 1370. The molecule has 0 aliphatic carbocycles. The summed E-state index contributed by atoms with van der Waals surface area (Å²) in [6.45, 7) is 3.74. The lowest BCUT2D eigenvalue weighted by atomic mass is 9.96. The second kappa shape index (κ2) is 9.92. The number of likely N-dealkylation sites (tertiary alicyclic amines) is 1. The SMILES string of the molecule is Cc1cccnc1NC(=O)C1CCCN(C(=O)c2nn(-c3cccc(C(F)(F)F)c3)c(C)cc2=O)C1. The predicted molar refractivity (Wildman–Crippen MR) is 126 cm³/mol. The Hall–Kier alpha value is -4.02. The number of amides is 2. The van der Waals surface area contributed by atoms with Gasteiger partial charge in [-0.25, -0.2) is 9.67 Å². The van der Waals surface area contributed by atoms with E-state index in [1.807, 2.05) is 13.0 Å². The fourth-order valence-electron chi connectivity index (χ4n) is 4.13. The number of benzene rings is 1. The van der Waals surface area contributed by atoms with Crippen molar-refractivity contribution >= 4 is 17.6 Å². The molecule has 0 bridgehead atoms. The van der Waals surface area contributed by atoms with Crippen molar-refractivity contribution in [2.45, 2.75) is 32.9 Å². The zero-order valence-electron chi connectivity index (χ0n) is 19.7. The number of alkyl halides is 3. The summed E-state index contributed by atoms with van der Waals surface area (Å²) in [6.07, 6.45) is -1.90. The molecule has 1 fully saturated rings. The first kappa shape index (κ1) is 25.1. The largest absolute Gasteiger partial charge is 0.416 e. The van der Waals surface area contributed by atoms with E-state index in [0.29, 0.717) is 25.2 Å². The second-order valence-corrected chi connectivity index (χ2v) is 8.71. The van der Waals surface area contributed by atoms with E-state index in [-0.39, 0.29) is 23.8 Å². The van der Waals surface area contributed by atoms with Crippen molar-refractivity contribution in [3.63, 3.8) is 0 Å². The zero-order chi connectivity index (χ0) is 26.0. The van der Waals surface area contributed by atoms with Gasteiger partial charge in [0.2, 0.25) is 11.3 Å². The quantitative estimate of drug-likeness (QED) is 0.590. The number of carbonyl (C=O) groups excluding carboxylic acids is 2. The minimum Gasteiger partial charge on any atom is -0.336 e. The van der Waals surface area contributed by atoms with Crippen LogP contribution in [0.3, 0.4) is 0 Å². The minimum absolute atomic E-state index is 0.0676. The number of anilines is 1. The number of carbonyl (C=O) groups is 2. The van der Waals surface area contributed by atoms with Crippen LogP contribution in [0.15, 0.2) is 53.5 Å². The van der Waals surface area contributed by atoms with Crippen LogP contribution in [0.5, 0.6) is 0 Å². The van der Waals surface area contributed by atoms with Crippen LogP contribution in [0, 0.1) is 19.8 Å². The lowest BCUT2D eigenvalue weighted by Crippen LogP contribution is -2.45. The van der Waals surface area contributed by atoms with Crippen molar-refractivity contribution in [2.75, 3.05) is 18.4 Å². The van der Waals surface area contributed by atoms with Gasteiger partial charge in [-0.3, -0.25) is 14.4 Å². The summed E-state index contributed by atoms with van der Waals surface area (Å²) in [5, 5.41) is 6.91. The summed E-state index contributed by atoms with van der Waals surface area (Å²) < 4.78 is 40.7. The Labute approximate surface area is 204 Å². The Morgan fingerprint density at radius 1 is 1.11 bits per heavy atom. The number of pyridine rings is 1. The van der Waals surface area contributed by atoms with Gasteiger partial charge in [-0.1, -0.05) is 12.1 Å². The summed E-state index contributed by atoms with van der Waals surface area (Å²) in [6, 6.07) is 9.21. The first-order chi connectivity index (χ1) is 17.0. The van der Waals surface area contributed by atoms with E-state index in [1.165, 1.54) is 30.0 Å². The van der Waals surface area contributed by atoms with Gasteiger partial charge < -0.3 is 10.2 Å². The Morgan fingerprint density at radius 3 is 2.61 bits per heavy atom. The molecule has 0 spiro atoms. The molecule has 1 aliphatic heterocycles. The third-order valence-corrected chi connectivity index (χ3v) is 6.06. The maximum Gasteiger partial charge on any atom is 0.416 e. The number of nitrogens with one attached hydrogen (secondary N) is 1. The predicted octanol–water partition coefficient (Wildman–Crippen LogP) is 3.75. The molecule has 0 saturated carbocycles. The van der Waals surface area contributed by atoms with E-state index in [9.17, 15) is 27.6 Å². The number of nitrogens with zero attached hydrogens (tertiary/aromatic N) is 4. The molecule has 1 saturated heterocycles. The van der Waals surface area contributed by atoms with E-state index in [0.717, 1.165) is 22.4 Å². The first-order valence-corrected chi connectivity index (χ1v) is 11.3. The van der Waals surface area contributed by atoms with Gasteiger partial charge in [-0.05, 0) is 56.5 Å². The van der Waals surface area contributed by atoms with Gasteiger partial charge in [0.25, 0.3) is 5.91 Å². The highest BCUT2D eigenvalue weighted by Crippen LogP contribution is 2.30. The minimum atomic E-state index is -4.56. The molecule has 2 amide bonds. The molecule has 0 radical (unpaired) electrons. The third-order valence-electron chi connectivity index (χ3n) is 6.06. The number of aryl methyl sites for hydroxylation is 2. The lowest BCUT2D eigenvalue weighted by molar-refractivity contribution is -0.137. The fourth-order valence-corrected chi connectivity index (χ4v) is 4.13. The number of rotatable bonds is 4. The molecule has 188 valence electrons. The molecular formula is C25H24F3N5O3. The van der Waals surface area contributed by atoms with Crippen molar-refractivity contribution in [1.82, 2.24) is 19.7 Å². The van der Waals surface area contributed by atoms with Crippen LogP contribution in [0.1, 0.15) is 40.2 Å². The van der Waals surface area contributed by atoms with Gasteiger partial charge in [-0.15, -0.1) is 0 Å². The van der Waals surface area contributed by atoms with Crippen molar-refractivity contribution in [3.05, 3.63) is 81.4 Å². The van der Waals surface area contributed by atoms with Gasteiger partial charge in [0.1, 0.15) is 5.82 Å². The van der Waals surface area contributed by atoms with Crippen LogP contribution in [0.4, 0.5) is 19.0 Å². The van der Waals surface area contributed by atoms with E-state index in [1.54, 1.807) is 12.3 Å². The number of hydrogen-bond donors (Lipinski definition) is 1. The molecule has 1 N–H and O–H groups in total. The number of aromatic nitrogens is 3. The van der Waals surface area contributed by atoms with Gasteiger partial charge in [0, 0.05) is 31.0 Å². The average Bonchev–Trinajstić information content (AvgIpc) is 2.85. The lowest BCUT2D eigenvalue weighted by Gasteiger charge is -2.31. The molecular weight excluding hydrogens is 475 g/mol. The van der Waals surface area contributed by atoms with Crippen LogP contribution >= 0.6 is 0 Å². The normalized spacial score (nSPS) is 16.0. The van der Waals surface area contributed by atoms with Crippen molar-refractivity contribution in [3.8, 4) is 5.69 Å². The van der Waals surface area contributed by atoms with Crippen LogP contribution in [0.2, 0.25) is 0 Å². The van der Waals surface area contributed by atoms with E-state index in [2.05, 4.69) is 15.4 Å². The molecule has 11 heteroatoms. The number of hydrogen-bond acceptors (Lipinski definition) is 5. The van der Waals surface area contributed by atoms with Crippen LogP contribution in [0.25, 0.3) is 5.69 Å². The van der Waals surface area contributed by atoms with Crippen molar-refractivity contribution < 1.29 is 22.8 Å². The molecule has 36 heavy (non-hydrogen) atoms. The van der Waals surface area contributed by atoms with Crippen LogP contribution in [-0.4, -0.2) is 44.6 Å². The molecule has 4 rings (SSSR count). The van der Waals surface area contributed by atoms with Gasteiger partial charge in [0.15, 0.2) is 5.69 Å². The third kappa shape index (κ3) is 5.29. The van der Waals surface area contributed by atoms with Gasteiger partial charge >= 0.3 is 6.18 Å². The summed E-state index contributed by atoms with van der Waals surface area (Å²) in [4.78, 5) is 44.3. The smallest absolute Gasteiger partial charge is 0.336 e. The maximum atomic E-state index is 13.2. The average molecular weight is 499 g/mol. The number of piperidine rings is 1. The molecule has 3 heterocycles. The zero-order valence-corrected chi connectivity index (χ0v) is 19.7. The molecule has 1 aromatic carbocycles. The van der Waals surface area contributed by atoms with Crippen molar-refractivity contribution in [2.24, 2.45) is 5.92 Å². The topological polar surface area (TPSA) is 97.2 Å². The van der Waals surface area contributed by atoms with Gasteiger partial charge in [0.05, 0.1) is 17.2 Å². The Balaban J connectivity index is 1.57. The second-order valence-electron chi connectivity index (χ2n) is 8.71. The molecule has 2 aromatic heterocycles. The summed E-state index contributed by atoms with van der Waals surface area (Å²) in [5.41, 5.74) is -0.791. The summed E-state index contributed by atoms with van der Waals surface area (Å²) >= 11 is 0. The fraction of sp³-hybridized carbons (Fsp3) is 0.320. The molecule has 1 aliphatic rings. The van der Waals surface area contributed by atoms with Gasteiger partial charge in [-0.2, -0.15) is 18.3 Å². The highest BCUT2D eigenvalue weighted by Gasteiger charge is 2.32. The first-order valence-electron chi connectivity index (χ1n) is 11.3. The molecule has 3 aromatic rings. The van der Waals surface area contributed by atoms with E-state index in [4.69, 9.17) is 0 Å². The Kier molecular flexibility index (Phi) is 6.91. The highest BCUT2D eigenvalue weighted by atomic mass is 19.4. The number of halogens is 3. The summed E-state index contributed by atoms with van der Waals surface area (Å²) in [7, 11) is 0.